The van der Waals surface area contributed by atoms with Gasteiger partial charge in [0.1, 0.15) is 12.2 Å². The van der Waals surface area contributed by atoms with Crippen molar-refractivity contribution in [3.05, 3.63) is 0 Å². The summed E-state index contributed by atoms with van der Waals surface area (Å²) >= 11 is 0. The lowest BCUT2D eigenvalue weighted by molar-refractivity contribution is -0.279. The van der Waals surface area contributed by atoms with E-state index in [1.807, 2.05) is 0 Å². The lowest BCUT2D eigenvalue weighted by Crippen LogP contribution is -2.53. The minimum atomic E-state index is -0.213. The predicted octanol–water partition coefficient (Wildman–Crippen LogP) is 2.13. The van der Waals surface area contributed by atoms with Gasteiger partial charge >= 0.3 is 0 Å². The SMILES string of the molecule is COC[C@H]1O[C@@H](OC2CCCCC2)C[C@@H](OC)[C@@H]1OC. The fourth-order valence-corrected chi connectivity index (χ4v) is 3.23. The minimum Gasteiger partial charge on any atom is -0.382 e. The molecule has 1 saturated carbocycles. The Hall–Kier alpha value is -0.200. The Bertz CT molecular complexity index is 265. The molecule has 2 fully saturated rings. The molecule has 0 spiro atoms. The molecule has 4 atom stereocenters. The van der Waals surface area contributed by atoms with Crippen molar-refractivity contribution >= 4 is 0 Å². The molecule has 0 aromatic carbocycles. The summed E-state index contributed by atoms with van der Waals surface area (Å²) < 4.78 is 28.4. The van der Waals surface area contributed by atoms with Crippen LogP contribution in [0.25, 0.3) is 0 Å². The highest BCUT2D eigenvalue weighted by molar-refractivity contribution is 4.85. The number of rotatable bonds is 6. The second kappa shape index (κ2) is 8.29. The summed E-state index contributed by atoms with van der Waals surface area (Å²) in [6.45, 7) is 0.489. The summed E-state index contributed by atoms with van der Waals surface area (Å²) in [7, 11) is 5.07. The van der Waals surface area contributed by atoms with E-state index in [1.54, 1.807) is 21.3 Å². The van der Waals surface area contributed by atoms with E-state index in [2.05, 4.69) is 0 Å². The van der Waals surface area contributed by atoms with E-state index in [9.17, 15) is 0 Å². The predicted molar refractivity (Wildman–Crippen MR) is 74.7 cm³/mol. The summed E-state index contributed by atoms with van der Waals surface area (Å²) in [5.74, 6) is 0. The fraction of sp³-hybridized carbons (Fsp3) is 1.00. The highest BCUT2D eigenvalue weighted by atomic mass is 16.7. The second-order valence-corrected chi connectivity index (χ2v) is 5.67. The number of hydrogen-bond acceptors (Lipinski definition) is 5. The number of ether oxygens (including phenoxy) is 5. The van der Waals surface area contributed by atoms with Crippen LogP contribution in [0.15, 0.2) is 0 Å². The smallest absolute Gasteiger partial charge is 0.161 e. The molecule has 0 radical (unpaired) electrons. The van der Waals surface area contributed by atoms with Crippen LogP contribution < -0.4 is 0 Å². The van der Waals surface area contributed by atoms with Gasteiger partial charge in [-0.1, -0.05) is 19.3 Å². The molecular weight excluding hydrogens is 260 g/mol. The molecule has 2 rings (SSSR count). The summed E-state index contributed by atoms with van der Waals surface area (Å²) in [4.78, 5) is 0. The Balaban J connectivity index is 1.92. The van der Waals surface area contributed by atoms with Crippen LogP contribution in [0.5, 0.6) is 0 Å². The molecule has 5 nitrogen and oxygen atoms in total. The second-order valence-electron chi connectivity index (χ2n) is 5.67. The van der Waals surface area contributed by atoms with Gasteiger partial charge in [-0.05, 0) is 12.8 Å². The Morgan fingerprint density at radius 1 is 1.00 bits per heavy atom. The number of hydrogen-bond donors (Lipinski definition) is 0. The molecule has 1 aliphatic carbocycles. The molecule has 1 aliphatic heterocycles. The van der Waals surface area contributed by atoms with Crippen LogP contribution in [0.3, 0.4) is 0 Å². The highest BCUT2D eigenvalue weighted by Crippen LogP contribution is 2.29. The van der Waals surface area contributed by atoms with Gasteiger partial charge < -0.3 is 23.7 Å². The molecule has 0 bridgehead atoms. The van der Waals surface area contributed by atoms with Crippen LogP contribution in [0.4, 0.5) is 0 Å². The standard InChI is InChI=1S/C15H28O5/c1-16-10-13-15(18-3)12(17-2)9-14(20-13)19-11-7-5-4-6-8-11/h11-15H,4-10H2,1-3H3/t12-,13-,14-,15+/m1/s1. The van der Waals surface area contributed by atoms with Crippen molar-refractivity contribution in [2.75, 3.05) is 27.9 Å². The van der Waals surface area contributed by atoms with Crippen LogP contribution in [0, 0.1) is 0 Å². The van der Waals surface area contributed by atoms with Crippen LogP contribution in [0.1, 0.15) is 38.5 Å². The molecule has 118 valence electrons. The maximum absolute atomic E-state index is 6.12. The van der Waals surface area contributed by atoms with Crippen LogP contribution in [0.2, 0.25) is 0 Å². The molecule has 1 saturated heterocycles. The van der Waals surface area contributed by atoms with Crippen molar-refractivity contribution in [1.29, 1.82) is 0 Å². The molecule has 20 heavy (non-hydrogen) atoms. The molecule has 0 unspecified atom stereocenters. The first-order chi connectivity index (χ1) is 9.78. The normalized spacial score (nSPS) is 36.1. The maximum Gasteiger partial charge on any atom is 0.161 e. The summed E-state index contributed by atoms with van der Waals surface area (Å²) in [6.07, 6.45) is 6.69. The van der Waals surface area contributed by atoms with E-state index < -0.39 is 0 Å². The zero-order valence-corrected chi connectivity index (χ0v) is 12.9. The third-order valence-corrected chi connectivity index (χ3v) is 4.29. The lowest BCUT2D eigenvalue weighted by atomic mass is 9.97. The van der Waals surface area contributed by atoms with Crippen LogP contribution in [-0.2, 0) is 23.7 Å². The summed E-state index contributed by atoms with van der Waals surface area (Å²) in [5.41, 5.74) is 0. The van der Waals surface area contributed by atoms with Gasteiger partial charge in [-0.3, -0.25) is 0 Å². The van der Waals surface area contributed by atoms with Gasteiger partial charge in [0.25, 0.3) is 0 Å². The summed E-state index contributed by atoms with van der Waals surface area (Å²) in [6, 6.07) is 0. The zero-order valence-electron chi connectivity index (χ0n) is 12.9. The van der Waals surface area contributed by atoms with Crippen LogP contribution >= 0.6 is 0 Å². The number of methoxy groups -OCH3 is 3. The topological polar surface area (TPSA) is 46.2 Å². The van der Waals surface area contributed by atoms with Crippen molar-refractivity contribution < 1.29 is 23.7 Å². The maximum atomic E-state index is 6.12. The molecule has 1 heterocycles. The van der Waals surface area contributed by atoms with Crippen molar-refractivity contribution in [3.63, 3.8) is 0 Å². The minimum absolute atomic E-state index is 0.0116. The van der Waals surface area contributed by atoms with E-state index in [0.29, 0.717) is 19.1 Å². The van der Waals surface area contributed by atoms with E-state index in [0.717, 1.165) is 12.8 Å². The average molecular weight is 288 g/mol. The van der Waals surface area contributed by atoms with Gasteiger partial charge in [0.05, 0.1) is 18.8 Å². The van der Waals surface area contributed by atoms with Crippen molar-refractivity contribution in [3.8, 4) is 0 Å². The first-order valence-corrected chi connectivity index (χ1v) is 7.64. The molecule has 0 aromatic rings. The molecule has 0 amide bonds. The van der Waals surface area contributed by atoms with E-state index in [-0.39, 0.29) is 24.6 Å². The Morgan fingerprint density at radius 3 is 2.35 bits per heavy atom. The molecule has 0 aromatic heterocycles. The van der Waals surface area contributed by atoms with Crippen LogP contribution in [-0.4, -0.2) is 58.6 Å². The Morgan fingerprint density at radius 2 is 1.75 bits per heavy atom. The molecule has 5 heteroatoms. The van der Waals surface area contributed by atoms with Crippen molar-refractivity contribution in [2.24, 2.45) is 0 Å². The molecular formula is C15H28O5. The van der Waals surface area contributed by atoms with Crippen molar-refractivity contribution in [1.82, 2.24) is 0 Å². The van der Waals surface area contributed by atoms with Gasteiger partial charge in [0.2, 0.25) is 0 Å². The first-order valence-electron chi connectivity index (χ1n) is 7.64. The Kier molecular flexibility index (Phi) is 6.71. The fourth-order valence-electron chi connectivity index (χ4n) is 3.23. The zero-order chi connectivity index (χ0) is 14.4. The average Bonchev–Trinajstić information content (AvgIpc) is 2.48. The third-order valence-electron chi connectivity index (χ3n) is 4.29. The van der Waals surface area contributed by atoms with E-state index >= 15 is 0 Å². The van der Waals surface area contributed by atoms with Gasteiger partial charge in [-0.2, -0.15) is 0 Å². The molecule has 2 aliphatic rings. The summed E-state index contributed by atoms with van der Waals surface area (Å²) in [5, 5.41) is 0. The van der Waals surface area contributed by atoms with Gasteiger partial charge in [0, 0.05) is 27.8 Å². The van der Waals surface area contributed by atoms with E-state index in [1.165, 1.54) is 19.3 Å². The largest absolute Gasteiger partial charge is 0.382 e. The third kappa shape index (κ3) is 4.15. The highest BCUT2D eigenvalue weighted by Gasteiger charge is 2.40. The van der Waals surface area contributed by atoms with Gasteiger partial charge in [-0.25, -0.2) is 0 Å². The van der Waals surface area contributed by atoms with Gasteiger partial charge in [-0.15, -0.1) is 0 Å². The molecule has 0 N–H and O–H groups in total. The van der Waals surface area contributed by atoms with E-state index in [4.69, 9.17) is 23.7 Å². The van der Waals surface area contributed by atoms with Gasteiger partial charge in [0.15, 0.2) is 6.29 Å². The monoisotopic (exact) mass is 288 g/mol. The van der Waals surface area contributed by atoms with Crippen molar-refractivity contribution in [2.45, 2.75) is 69.2 Å². The lowest BCUT2D eigenvalue weighted by Gasteiger charge is -2.41. The quantitative estimate of drug-likeness (QED) is 0.749. The first kappa shape index (κ1) is 16.2. The Labute approximate surface area is 121 Å².